The minimum atomic E-state index is 0.0860. The fourth-order valence-corrected chi connectivity index (χ4v) is 2.28. The van der Waals surface area contributed by atoms with Gasteiger partial charge in [0, 0.05) is 16.9 Å². The molecule has 0 bridgehead atoms. The molecular formula is C13H15N3OS. The van der Waals surface area contributed by atoms with Gasteiger partial charge in [-0.3, -0.25) is 0 Å². The third-order valence-corrected chi connectivity index (χ3v) is 3.34. The number of aromatic nitrogens is 2. The Bertz CT molecular complexity index is 519. The van der Waals surface area contributed by atoms with Crippen LogP contribution in [0, 0.1) is 0 Å². The number of nitrogen functional groups attached to an aromatic ring is 1. The van der Waals surface area contributed by atoms with Crippen molar-refractivity contribution in [1.82, 2.24) is 9.97 Å². The van der Waals surface area contributed by atoms with E-state index in [1.54, 1.807) is 6.07 Å². The van der Waals surface area contributed by atoms with Gasteiger partial charge in [-0.15, -0.1) is 11.8 Å². The maximum atomic E-state index is 9.06. The van der Waals surface area contributed by atoms with Crippen LogP contribution in [0.15, 0.2) is 41.4 Å². The van der Waals surface area contributed by atoms with Crippen molar-refractivity contribution < 1.29 is 5.11 Å². The summed E-state index contributed by atoms with van der Waals surface area (Å²) in [5, 5.41) is 9.92. The first-order valence-corrected chi connectivity index (χ1v) is 6.54. The molecule has 0 fully saturated rings. The lowest BCUT2D eigenvalue weighted by Gasteiger charge is -2.09. The summed E-state index contributed by atoms with van der Waals surface area (Å²) in [7, 11) is 0. The summed E-state index contributed by atoms with van der Waals surface area (Å²) in [6, 6.07) is 11.4. The van der Waals surface area contributed by atoms with Gasteiger partial charge in [-0.25, -0.2) is 9.97 Å². The third kappa shape index (κ3) is 3.21. The second-order valence-electron chi connectivity index (χ2n) is 3.93. The van der Waals surface area contributed by atoms with E-state index in [1.807, 2.05) is 37.3 Å². The maximum absolute atomic E-state index is 9.06. The zero-order valence-corrected chi connectivity index (χ0v) is 10.9. The third-order valence-electron chi connectivity index (χ3n) is 2.33. The van der Waals surface area contributed by atoms with Crippen LogP contribution in [0.3, 0.4) is 0 Å². The summed E-state index contributed by atoms with van der Waals surface area (Å²) in [5.41, 5.74) is 6.72. The summed E-state index contributed by atoms with van der Waals surface area (Å²) in [5.74, 6) is 1.06. The van der Waals surface area contributed by atoms with Crippen LogP contribution in [0.1, 0.15) is 6.92 Å². The van der Waals surface area contributed by atoms with Gasteiger partial charge in [-0.2, -0.15) is 0 Å². The van der Waals surface area contributed by atoms with Gasteiger partial charge in [0.2, 0.25) is 0 Å². The Hall–Kier alpha value is -1.59. The molecule has 94 valence electrons. The Morgan fingerprint density at radius 1 is 1.28 bits per heavy atom. The standard InChI is InChI=1S/C13H15N3OS/c1-9(8-17)18-12-7-11(14)15-13(16-12)10-5-3-2-4-6-10/h2-7,9,17H,8H2,1H3,(H2,14,15,16). The minimum Gasteiger partial charge on any atom is -0.395 e. The van der Waals surface area contributed by atoms with Crippen molar-refractivity contribution in [3.05, 3.63) is 36.4 Å². The molecule has 4 nitrogen and oxygen atoms in total. The lowest BCUT2D eigenvalue weighted by Crippen LogP contribution is -2.04. The van der Waals surface area contributed by atoms with Crippen LogP contribution in [0.5, 0.6) is 0 Å². The molecule has 1 unspecified atom stereocenters. The molecule has 0 aliphatic carbocycles. The molecule has 0 radical (unpaired) electrons. The van der Waals surface area contributed by atoms with Gasteiger partial charge in [0.1, 0.15) is 10.8 Å². The number of hydrogen-bond acceptors (Lipinski definition) is 5. The lowest BCUT2D eigenvalue weighted by atomic mass is 10.2. The van der Waals surface area contributed by atoms with Crippen molar-refractivity contribution in [3.63, 3.8) is 0 Å². The van der Waals surface area contributed by atoms with Crippen LogP contribution in [0.2, 0.25) is 0 Å². The molecule has 5 heteroatoms. The fraction of sp³-hybridized carbons (Fsp3) is 0.231. The fourth-order valence-electron chi connectivity index (χ4n) is 1.46. The number of thioether (sulfide) groups is 1. The van der Waals surface area contributed by atoms with E-state index < -0.39 is 0 Å². The van der Waals surface area contributed by atoms with Crippen molar-refractivity contribution in [1.29, 1.82) is 0 Å². The number of anilines is 1. The first-order chi connectivity index (χ1) is 8.69. The van der Waals surface area contributed by atoms with Crippen LogP contribution in [-0.4, -0.2) is 26.9 Å². The average Bonchev–Trinajstić information content (AvgIpc) is 2.39. The van der Waals surface area contributed by atoms with Crippen molar-refractivity contribution in [2.75, 3.05) is 12.3 Å². The summed E-state index contributed by atoms with van der Waals surface area (Å²) >= 11 is 1.49. The largest absolute Gasteiger partial charge is 0.395 e. The average molecular weight is 261 g/mol. The predicted octanol–water partition coefficient (Wildman–Crippen LogP) is 2.20. The summed E-state index contributed by atoms with van der Waals surface area (Å²) in [6.07, 6.45) is 0. The molecule has 2 aromatic rings. The Balaban J connectivity index is 2.32. The molecule has 1 aromatic heterocycles. The number of nitrogens with two attached hydrogens (primary N) is 1. The number of benzene rings is 1. The normalized spacial score (nSPS) is 12.3. The summed E-state index contributed by atoms with van der Waals surface area (Å²) in [4.78, 5) is 8.68. The molecule has 3 N–H and O–H groups in total. The molecule has 0 saturated carbocycles. The van der Waals surface area contributed by atoms with Crippen molar-refractivity contribution in [2.24, 2.45) is 0 Å². The van der Waals surface area contributed by atoms with Gasteiger partial charge in [-0.05, 0) is 0 Å². The second kappa shape index (κ2) is 5.84. The van der Waals surface area contributed by atoms with Gasteiger partial charge in [-0.1, -0.05) is 37.3 Å². The number of hydrogen-bond donors (Lipinski definition) is 2. The smallest absolute Gasteiger partial charge is 0.162 e. The van der Waals surface area contributed by atoms with E-state index in [4.69, 9.17) is 10.8 Å². The Labute approximate surface area is 110 Å². The van der Waals surface area contributed by atoms with Crippen molar-refractivity contribution in [2.45, 2.75) is 17.2 Å². The monoisotopic (exact) mass is 261 g/mol. The van der Waals surface area contributed by atoms with Gasteiger partial charge < -0.3 is 10.8 Å². The van der Waals surface area contributed by atoms with E-state index >= 15 is 0 Å². The first-order valence-electron chi connectivity index (χ1n) is 5.66. The van der Waals surface area contributed by atoms with Gasteiger partial charge in [0.15, 0.2) is 5.82 Å². The van der Waals surface area contributed by atoms with Crippen LogP contribution < -0.4 is 5.73 Å². The Morgan fingerprint density at radius 2 is 2.00 bits per heavy atom. The first kappa shape index (κ1) is 12.9. The Kier molecular flexibility index (Phi) is 4.17. The van der Waals surface area contributed by atoms with Crippen LogP contribution in [0.25, 0.3) is 11.4 Å². The molecule has 0 amide bonds. The highest BCUT2D eigenvalue weighted by atomic mass is 32.2. The van der Waals surface area contributed by atoms with Crippen LogP contribution >= 0.6 is 11.8 Å². The van der Waals surface area contributed by atoms with E-state index in [0.29, 0.717) is 11.6 Å². The second-order valence-corrected chi connectivity index (χ2v) is 5.39. The van der Waals surface area contributed by atoms with E-state index in [0.717, 1.165) is 10.6 Å². The zero-order valence-electron chi connectivity index (χ0n) is 10.1. The van der Waals surface area contributed by atoms with E-state index in [9.17, 15) is 0 Å². The minimum absolute atomic E-state index is 0.0860. The SMILES string of the molecule is CC(CO)Sc1cc(N)nc(-c2ccccc2)n1. The molecule has 0 aliphatic rings. The molecule has 2 rings (SSSR count). The molecular weight excluding hydrogens is 246 g/mol. The highest BCUT2D eigenvalue weighted by Crippen LogP contribution is 2.25. The quantitative estimate of drug-likeness (QED) is 0.652. The predicted molar refractivity (Wildman–Crippen MR) is 74.3 cm³/mol. The van der Waals surface area contributed by atoms with Crippen molar-refractivity contribution >= 4 is 17.6 Å². The lowest BCUT2D eigenvalue weighted by molar-refractivity contribution is 0.300. The van der Waals surface area contributed by atoms with Gasteiger partial charge in [0.05, 0.1) is 6.61 Å². The molecule has 18 heavy (non-hydrogen) atoms. The number of rotatable bonds is 4. The van der Waals surface area contributed by atoms with E-state index in [-0.39, 0.29) is 11.9 Å². The highest BCUT2D eigenvalue weighted by molar-refractivity contribution is 7.99. The Morgan fingerprint density at radius 3 is 2.67 bits per heavy atom. The maximum Gasteiger partial charge on any atom is 0.162 e. The van der Waals surface area contributed by atoms with Crippen molar-refractivity contribution in [3.8, 4) is 11.4 Å². The summed E-state index contributed by atoms with van der Waals surface area (Å²) < 4.78 is 0. The topological polar surface area (TPSA) is 72.0 Å². The molecule has 1 heterocycles. The zero-order chi connectivity index (χ0) is 13.0. The van der Waals surface area contributed by atoms with Gasteiger partial charge >= 0.3 is 0 Å². The molecule has 1 atom stereocenters. The molecule has 0 spiro atoms. The van der Waals surface area contributed by atoms with Crippen LogP contribution in [-0.2, 0) is 0 Å². The molecule has 0 aliphatic heterocycles. The molecule has 0 saturated heterocycles. The van der Waals surface area contributed by atoms with E-state index in [2.05, 4.69) is 9.97 Å². The van der Waals surface area contributed by atoms with Gasteiger partial charge in [0.25, 0.3) is 0 Å². The van der Waals surface area contributed by atoms with Crippen LogP contribution in [0.4, 0.5) is 5.82 Å². The van der Waals surface area contributed by atoms with E-state index in [1.165, 1.54) is 11.8 Å². The summed E-state index contributed by atoms with van der Waals surface area (Å²) in [6.45, 7) is 2.04. The number of aliphatic hydroxyl groups is 1. The number of nitrogens with zero attached hydrogens (tertiary/aromatic N) is 2. The molecule has 1 aromatic carbocycles. The highest BCUT2D eigenvalue weighted by Gasteiger charge is 2.08. The number of aliphatic hydroxyl groups excluding tert-OH is 1.